The fourth-order valence-corrected chi connectivity index (χ4v) is 2.34. The van der Waals surface area contributed by atoms with Crippen LogP contribution in [-0.2, 0) is 0 Å². The van der Waals surface area contributed by atoms with E-state index < -0.39 is 0 Å². The summed E-state index contributed by atoms with van der Waals surface area (Å²) in [6.07, 6.45) is 2.51. The number of aliphatic imine (C=N–C) groups is 1. The summed E-state index contributed by atoms with van der Waals surface area (Å²) < 4.78 is 0. The Morgan fingerprint density at radius 3 is 2.35 bits per heavy atom. The lowest BCUT2D eigenvalue weighted by Crippen LogP contribution is -2.34. The lowest BCUT2D eigenvalue weighted by atomic mass is 10.1. The third kappa shape index (κ3) is 4.92. The van der Waals surface area contributed by atoms with Gasteiger partial charge in [0.15, 0.2) is 5.96 Å². The van der Waals surface area contributed by atoms with E-state index in [-0.39, 0.29) is 35.8 Å². The van der Waals surface area contributed by atoms with Gasteiger partial charge in [0.2, 0.25) is 0 Å². The van der Waals surface area contributed by atoms with E-state index in [4.69, 9.17) is 5.73 Å². The van der Waals surface area contributed by atoms with E-state index in [1.165, 1.54) is 4.90 Å². The number of rotatable bonds is 7. The van der Waals surface area contributed by atoms with Crippen LogP contribution in [0.3, 0.4) is 0 Å². The van der Waals surface area contributed by atoms with Crippen molar-refractivity contribution in [2.24, 2.45) is 10.7 Å². The number of nitrogens with two attached hydrogens (primary N) is 1. The molecule has 1 aromatic carbocycles. The molecule has 0 saturated heterocycles. The summed E-state index contributed by atoms with van der Waals surface area (Å²) in [7, 11) is 0. The van der Waals surface area contributed by atoms with E-state index in [9.17, 15) is 9.59 Å². The fourth-order valence-electron chi connectivity index (χ4n) is 2.34. The minimum absolute atomic E-state index is 0. The molecule has 0 unspecified atom stereocenters. The maximum atomic E-state index is 12.1. The van der Waals surface area contributed by atoms with Gasteiger partial charge in [-0.15, -0.1) is 24.0 Å². The number of nitrogens with zero attached hydrogens (tertiary/aromatic N) is 2. The van der Waals surface area contributed by atoms with Gasteiger partial charge in [-0.3, -0.25) is 19.5 Å². The summed E-state index contributed by atoms with van der Waals surface area (Å²) in [5.41, 5.74) is 6.69. The quantitative estimate of drug-likeness (QED) is 0.228. The predicted molar refractivity (Wildman–Crippen MR) is 101 cm³/mol. The fraction of sp³-hybridized carbons (Fsp3) is 0.438. The van der Waals surface area contributed by atoms with Crippen molar-refractivity contribution in [3.05, 3.63) is 35.4 Å². The average Bonchev–Trinajstić information content (AvgIpc) is 2.77. The number of imide groups is 1. The van der Waals surface area contributed by atoms with Crippen molar-refractivity contribution < 1.29 is 9.59 Å². The van der Waals surface area contributed by atoms with Gasteiger partial charge in [-0.25, -0.2) is 0 Å². The van der Waals surface area contributed by atoms with Crippen LogP contribution in [-0.4, -0.2) is 42.3 Å². The molecule has 1 heterocycles. The monoisotopic (exact) mass is 430 g/mol. The molecule has 0 spiro atoms. The summed E-state index contributed by atoms with van der Waals surface area (Å²) in [5.74, 6) is 0.0535. The first-order valence-electron chi connectivity index (χ1n) is 7.64. The summed E-state index contributed by atoms with van der Waals surface area (Å²) in [5, 5.41) is 3.02. The van der Waals surface area contributed by atoms with Gasteiger partial charge in [0.05, 0.1) is 11.1 Å². The first kappa shape index (κ1) is 19.4. The second-order valence-electron chi connectivity index (χ2n) is 5.21. The zero-order valence-corrected chi connectivity index (χ0v) is 15.6. The lowest BCUT2D eigenvalue weighted by molar-refractivity contribution is 0.0652. The zero-order chi connectivity index (χ0) is 15.9. The average molecular weight is 430 g/mol. The number of hydrogen-bond donors (Lipinski definition) is 2. The van der Waals surface area contributed by atoms with Gasteiger partial charge in [0.1, 0.15) is 0 Å². The number of guanidine groups is 1. The molecule has 0 aliphatic carbocycles. The molecule has 0 fully saturated rings. The molecule has 1 aromatic rings. The van der Waals surface area contributed by atoms with Gasteiger partial charge in [-0.1, -0.05) is 19.1 Å². The second kappa shape index (κ2) is 9.49. The van der Waals surface area contributed by atoms with Crippen molar-refractivity contribution in [1.82, 2.24) is 10.2 Å². The molecule has 126 valence electrons. The number of unbranched alkanes of at least 4 members (excludes halogenated alkanes) is 1. The van der Waals surface area contributed by atoms with Crippen molar-refractivity contribution in [2.75, 3.05) is 19.6 Å². The highest BCUT2D eigenvalue weighted by molar-refractivity contribution is 14.0. The van der Waals surface area contributed by atoms with Gasteiger partial charge in [0, 0.05) is 19.6 Å². The number of fused-ring (bicyclic) bond motifs is 1. The molecule has 0 radical (unpaired) electrons. The summed E-state index contributed by atoms with van der Waals surface area (Å²) >= 11 is 0. The van der Waals surface area contributed by atoms with Crippen LogP contribution in [0.1, 0.15) is 46.9 Å². The Morgan fingerprint density at radius 2 is 1.78 bits per heavy atom. The topological polar surface area (TPSA) is 87.8 Å². The van der Waals surface area contributed by atoms with Crippen LogP contribution in [0.4, 0.5) is 0 Å². The van der Waals surface area contributed by atoms with Crippen molar-refractivity contribution in [1.29, 1.82) is 0 Å². The molecule has 7 heteroatoms. The number of carbonyl (C=O) groups is 2. The van der Waals surface area contributed by atoms with Gasteiger partial charge < -0.3 is 11.1 Å². The Balaban J connectivity index is 0.00000264. The molecule has 2 amide bonds. The van der Waals surface area contributed by atoms with Crippen molar-refractivity contribution in [3.8, 4) is 0 Å². The van der Waals surface area contributed by atoms with Crippen LogP contribution in [0.15, 0.2) is 29.3 Å². The maximum Gasteiger partial charge on any atom is 0.261 e. The number of hydrogen-bond acceptors (Lipinski definition) is 3. The molecular formula is C16H23IN4O2. The number of amides is 2. The SMILES string of the molecule is CCCN=C(N)NCCCCN1C(=O)c2ccccc2C1=O.I. The van der Waals surface area contributed by atoms with Gasteiger partial charge in [-0.05, 0) is 31.4 Å². The molecule has 3 N–H and O–H groups in total. The van der Waals surface area contributed by atoms with E-state index >= 15 is 0 Å². The van der Waals surface area contributed by atoms with Crippen LogP contribution in [0.2, 0.25) is 0 Å². The minimum atomic E-state index is -0.197. The van der Waals surface area contributed by atoms with Gasteiger partial charge in [0.25, 0.3) is 11.8 Å². The van der Waals surface area contributed by atoms with Gasteiger partial charge >= 0.3 is 0 Å². The summed E-state index contributed by atoms with van der Waals surface area (Å²) in [6.45, 7) is 3.87. The van der Waals surface area contributed by atoms with Crippen molar-refractivity contribution >= 4 is 41.8 Å². The highest BCUT2D eigenvalue weighted by atomic mass is 127. The smallest absolute Gasteiger partial charge is 0.261 e. The molecule has 1 aliphatic rings. The predicted octanol–water partition coefficient (Wildman–Crippen LogP) is 2.00. The number of benzene rings is 1. The molecule has 2 rings (SSSR count). The van der Waals surface area contributed by atoms with Crippen LogP contribution >= 0.6 is 24.0 Å². The first-order chi connectivity index (χ1) is 10.6. The lowest BCUT2D eigenvalue weighted by Gasteiger charge is -2.13. The Hall–Kier alpha value is -1.64. The van der Waals surface area contributed by atoms with E-state index in [1.807, 2.05) is 6.92 Å². The van der Waals surface area contributed by atoms with Crippen LogP contribution < -0.4 is 11.1 Å². The normalized spacial score (nSPS) is 13.8. The van der Waals surface area contributed by atoms with E-state index in [2.05, 4.69) is 10.3 Å². The molecule has 6 nitrogen and oxygen atoms in total. The minimum Gasteiger partial charge on any atom is -0.370 e. The molecule has 1 aliphatic heterocycles. The Labute approximate surface area is 153 Å². The van der Waals surface area contributed by atoms with Crippen LogP contribution in [0, 0.1) is 0 Å². The molecule has 0 atom stereocenters. The van der Waals surface area contributed by atoms with E-state index in [0.29, 0.717) is 36.7 Å². The molecular weight excluding hydrogens is 407 g/mol. The molecule has 0 bridgehead atoms. The summed E-state index contributed by atoms with van der Waals surface area (Å²) in [6, 6.07) is 6.94. The second-order valence-corrected chi connectivity index (χ2v) is 5.21. The standard InChI is InChI=1S/C16H22N4O2.HI/c1-2-9-18-16(17)19-10-5-6-11-20-14(21)12-7-3-4-8-13(12)15(20)22;/h3-4,7-8H,2,5-6,9-11H2,1H3,(H3,17,18,19);1H. The van der Waals surface area contributed by atoms with Crippen LogP contribution in [0.5, 0.6) is 0 Å². The van der Waals surface area contributed by atoms with Crippen molar-refractivity contribution in [3.63, 3.8) is 0 Å². The highest BCUT2D eigenvalue weighted by Crippen LogP contribution is 2.22. The van der Waals surface area contributed by atoms with E-state index in [1.54, 1.807) is 24.3 Å². The van der Waals surface area contributed by atoms with Gasteiger partial charge in [-0.2, -0.15) is 0 Å². The molecule has 23 heavy (non-hydrogen) atoms. The Kier molecular flexibility index (Phi) is 8.01. The van der Waals surface area contributed by atoms with Crippen molar-refractivity contribution in [2.45, 2.75) is 26.2 Å². The number of nitrogens with one attached hydrogen (secondary N) is 1. The molecule has 0 saturated carbocycles. The highest BCUT2D eigenvalue weighted by Gasteiger charge is 2.34. The third-order valence-corrected chi connectivity index (χ3v) is 3.50. The third-order valence-electron chi connectivity index (χ3n) is 3.50. The zero-order valence-electron chi connectivity index (χ0n) is 13.2. The van der Waals surface area contributed by atoms with Crippen LogP contribution in [0.25, 0.3) is 0 Å². The number of halogens is 1. The Bertz CT molecular complexity index is 554. The largest absolute Gasteiger partial charge is 0.370 e. The van der Waals surface area contributed by atoms with E-state index in [0.717, 1.165) is 19.3 Å². The first-order valence-corrected chi connectivity index (χ1v) is 7.64. The summed E-state index contributed by atoms with van der Waals surface area (Å²) in [4.78, 5) is 29.7. The molecule has 0 aromatic heterocycles. The maximum absolute atomic E-state index is 12.1. The number of carbonyl (C=O) groups excluding carboxylic acids is 2. The Morgan fingerprint density at radius 1 is 1.17 bits per heavy atom.